The van der Waals surface area contributed by atoms with Crippen LogP contribution in [0.25, 0.3) is 0 Å². The van der Waals surface area contributed by atoms with Gasteiger partial charge in [0.2, 0.25) is 0 Å². The van der Waals surface area contributed by atoms with Crippen LogP contribution in [0.5, 0.6) is 0 Å². The number of hydrogen-bond acceptors (Lipinski definition) is 2. The van der Waals surface area contributed by atoms with Crippen LogP contribution in [0.3, 0.4) is 0 Å². The Morgan fingerprint density at radius 3 is 2.43 bits per heavy atom. The fourth-order valence-corrected chi connectivity index (χ4v) is 1.69. The van der Waals surface area contributed by atoms with Crippen molar-refractivity contribution >= 4 is 16.8 Å². The number of nitrogens with zero attached hydrogens (tertiary/aromatic N) is 1. The van der Waals surface area contributed by atoms with Gasteiger partial charge < -0.3 is 5.21 Å². The third kappa shape index (κ3) is 2.48. The summed E-state index contributed by atoms with van der Waals surface area (Å²) >= 11 is 5.81. The molecule has 0 saturated carbocycles. The second-order valence-corrected chi connectivity index (χ2v) is 3.68. The zero-order chi connectivity index (χ0) is 10.6. The van der Waals surface area contributed by atoms with Gasteiger partial charge in [-0.25, -0.2) is 0 Å². The van der Waals surface area contributed by atoms with Crippen LogP contribution in [0.1, 0.15) is 30.4 Å². The molecule has 14 heavy (non-hydrogen) atoms. The Bertz CT molecular complexity index is 319. The van der Waals surface area contributed by atoms with Gasteiger partial charge in [-0.3, -0.25) is 0 Å². The predicted octanol–water partition coefficient (Wildman–Crippen LogP) is 3.52. The summed E-state index contributed by atoms with van der Waals surface area (Å²) in [6.45, 7) is 4.05. The van der Waals surface area contributed by atoms with Crippen LogP contribution < -0.4 is 0 Å². The van der Waals surface area contributed by atoms with Gasteiger partial charge in [0.25, 0.3) is 0 Å². The standard InChI is InChI=1S/C11H14ClNO/c1-3-10(11(12)13-14)9-6-4-8(2)5-7-9/h4-7,10,14H,3H2,1-2H3/b13-11+. The smallest absolute Gasteiger partial charge is 0.152 e. The van der Waals surface area contributed by atoms with E-state index in [1.165, 1.54) is 5.56 Å². The molecule has 1 unspecified atom stereocenters. The summed E-state index contributed by atoms with van der Waals surface area (Å²) in [6, 6.07) is 8.08. The molecule has 0 aliphatic carbocycles. The second kappa shape index (κ2) is 5.01. The first-order chi connectivity index (χ1) is 6.69. The molecule has 1 atom stereocenters. The van der Waals surface area contributed by atoms with Gasteiger partial charge >= 0.3 is 0 Å². The van der Waals surface area contributed by atoms with Crippen LogP contribution in [-0.4, -0.2) is 10.4 Å². The number of rotatable bonds is 3. The lowest BCUT2D eigenvalue weighted by Crippen LogP contribution is -2.05. The van der Waals surface area contributed by atoms with Crippen LogP contribution in [0, 0.1) is 6.92 Å². The van der Waals surface area contributed by atoms with E-state index >= 15 is 0 Å². The van der Waals surface area contributed by atoms with Gasteiger partial charge in [0.05, 0.1) is 0 Å². The molecule has 1 aromatic carbocycles. The predicted molar refractivity (Wildman–Crippen MR) is 59.3 cm³/mol. The average molecular weight is 212 g/mol. The summed E-state index contributed by atoms with van der Waals surface area (Å²) < 4.78 is 0. The van der Waals surface area contributed by atoms with Crippen molar-refractivity contribution in [2.24, 2.45) is 5.16 Å². The van der Waals surface area contributed by atoms with Crippen LogP contribution in [0.4, 0.5) is 0 Å². The van der Waals surface area contributed by atoms with Crippen molar-refractivity contribution in [1.82, 2.24) is 0 Å². The molecule has 2 nitrogen and oxygen atoms in total. The molecule has 0 radical (unpaired) electrons. The molecule has 0 fully saturated rings. The molecular weight excluding hydrogens is 198 g/mol. The normalized spacial score (nSPS) is 14.1. The van der Waals surface area contributed by atoms with E-state index in [1.807, 2.05) is 38.1 Å². The monoisotopic (exact) mass is 211 g/mol. The molecule has 0 heterocycles. The van der Waals surface area contributed by atoms with E-state index in [1.54, 1.807) is 0 Å². The van der Waals surface area contributed by atoms with E-state index in [-0.39, 0.29) is 11.1 Å². The van der Waals surface area contributed by atoms with Gasteiger partial charge in [-0.05, 0) is 18.9 Å². The van der Waals surface area contributed by atoms with Gasteiger partial charge in [0.15, 0.2) is 5.17 Å². The summed E-state index contributed by atoms with van der Waals surface area (Å²) in [5.41, 5.74) is 2.29. The topological polar surface area (TPSA) is 32.6 Å². The van der Waals surface area contributed by atoms with Gasteiger partial charge in [-0.15, -0.1) is 0 Å². The molecular formula is C11H14ClNO. The summed E-state index contributed by atoms with van der Waals surface area (Å²) in [4.78, 5) is 0. The maximum absolute atomic E-state index is 8.61. The molecule has 1 rings (SSSR count). The lowest BCUT2D eigenvalue weighted by atomic mass is 9.97. The summed E-state index contributed by atoms with van der Waals surface area (Å²) in [5, 5.41) is 11.9. The Morgan fingerprint density at radius 1 is 1.43 bits per heavy atom. The van der Waals surface area contributed by atoms with Gasteiger partial charge in [-0.1, -0.05) is 53.5 Å². The SMILES string of the molecule is CCC(/C(Cl)=N\O)c1ccc(C)cc1. The summed E-state index contributed by atoms with van der Waals surface area (Å²) in [7, 11) is 0. The van der Waals surface area contributed by atoms with Crippen molar-refractivity contribution in [3.63, 3.8) is 0 Å². The van der Waals surface area contributed by atoms with E-state index in [0.717, 1.165) is 12.0 Å². The maximum Gasteiger partial charge on any atom is 0.152 e. The minimum Gasteiger partial charge on any atom is -0.410 e. The van der Waals surface area contributed by atoms with Crippen LogP contribution >= 0.6 is 11.6 Å². The van der Waals surface area contributed by atoms with Gasteiger partial charge in [0, 0.05) is 5.92 Å². The largest absolute Gasteiger partial charge is 0.410 e. The Labute approximate surface area is 89.2 Å². The third-order valence-electron chi connectivity index (χ3n) is 2.27. The Kier molecular flexibility index (Phi) is 3.96. The van der Waals surface area contributed by atoms with Gasteiger partial charge in [-0.2, -0.15) is 0 Å². The molecule has 0 spiro atoms. The minimum atomic E-state index is 0.00210. The average Bonchev–Trinajstić information content (AvgIpc) is 2.21. The Morgan fingerprint density at radius 2 is 2.00 bits per heavy atom. The number of oxime groups is 1. The lowest BCUT2D eigenvalue weighted by molar-refractivity contribution is 0.318. The highest BCUT2D eigenvalue weighted by molar-refractivity contribution is 6.66. The summed E-state index contributed by atoms with van der Waals surface area (Å²) in [6.07, 6.45) is 0.825. The van der Waals surface area contributed by atoms with Crippen molar-refractivity contribution in [1.29, 1.82) is 0 Å². The molecule has 0 aromatic heterocycles. The summed E-state index contributed by atoms with van der Waals surface area (Å²) in [5.74, 6) is 0.00210. The fraction of sp³-hybridized carbons (Fsp3) is 0.364. The first-order valence-electron chi connectivity index (χ1n) is 4.63. The molecule has 0 saturated heterocycles. The van der Waals surface area contributed by atoms with Crippen LogP contribution in [-0.2, 0) is 0 Å². The highest BCUT2D eigenvalue weighted by Crippen LogP contribution is 2.23. The number of benzene rings is 1. The van der Waals surface area contributed by atoms with Crippen molar-refractivity contribution in [3.8, 4) is 0 Å². The van der Waals surface area contributed by atoms with Crippen LogP contribution in [0.2, 0.25) is 0 Å². The van der Waals surface area contributed by atoms with E-state index in [2.05, 4.69) is 5.16 Å². The zero-order valence-corrected chi connectivity index (χ0v) is 9.12. The lowest BCUT2D eigenvalue weighted by Gasteiger charge is -2.12. The van der Waals surface area contributed by atoms with Gasteiger partial charge in [0.1, 0.15) is 0 Å². The first kappa shape index (κ1) is 11.1. The molecule has 1 N–H and O–H groups in total. The van der Waals surface area contributed by atoms with E-state index in [4.69, 9.17) is 16.8 Å². The Balaban J connectivity index is 2.95. The number of hydrogen-bond donors (Lipinski definition) is 1. The van der Waals surface area contributed by atoms with Crippen molar-refractivity contribution in [3.05, 3.63) is 35.4 Å². The van der Waals surface area contributed by atoms with Crippen molar-refractivity contribution < 1.29 is 5.21 Å². The van der Waals surface area contributed by atoms with Crippen molar-refractivity contribution in [2.45, 2.75) is 26.2 Å². The first-order valence-corrected chi connectivity index (χ1v) is 5.00. The zero-order valence-electron chi connectivity index (χ0n) is 8.37. The quantitative estimate of drug-likeness (QED) is 0.463. The Hall–Kier alpha value is -1.02. The number of halogens is 1. The third-order valence-corrected chi connectivity index (χ3v) is 2.61. The maximum atomic E-state index is 8.61. The molecule has 76 valence electrons. The van der Waals surface area contributed by atoms with Crippen molar-refractivity contribution in [2.75, 3.05) is 0 Å². The van der Waals surface area contributed by atoms with E-state index < -0.39 is 0 Å². The molecule has 0 aliphatic heterocycles. The molecule has 1 aromatic rings. The second-order valence-electron chi connectivity index (χ2n) is 3.29. The highest BCUT2D eigenvalue weighted by atomic mass is 35.5. The molecule has 3 heteroatoms. The molecule has 0 amide bonds. The van der Waals surface area contributed by atoms with E-state index in [9.17, 15) is 0 Å². The van der Waals surface area contributed by atoms with Crippen LogP contribution in [0.15, 0.2) is 29.4 Å². The molecule has 0 bridgehead atoms. The van der Waals surface area contributed by atoms with E-state index in [0.29, 0.717) is 0 Å². The fourth-order valence-electron chi connectivity index (χ4n) is 1.41. The number of aryl methyl sites for hydroxylation is 1. The molecule has 0 aliphatic rings. The highest BCUT2D eigenvalue weighted by Gasteiger charge is 2.14. The minimum absolute atomic E-state index is 0.00210.